The van der Waals surface area contributed by atoms with Gasteiger partial charge in [0.2, 0.25) is 0 Å². The van der Waals surface area contributed by atoms with Crippen LogP contribution in [0.1, 0.15) is 39.1 Å². The SMILES string of the molecule is COC(=O)c1c(C)ccc(C(=O)CCC(=O)O)c1O. The number of aryl methyl sites for hydroxylation is 1. The first-order chi connectivity index (χ1) is 8.88. The predicted molar refractivity (Wildman–Crippen MR) is 65.4 cm³/mol. The summed E-state index contributed by atoms with van der Waals surface area (Å²) in [5, 5.41) is 18.5. The number of benzene rings is 1. The van der Waals surface area contributed by atoms with Crippen LogP contribution >= 0.6 is 0 Å². The van der Waals surface area contributed by atoms with Gasteiger partial charge in [0.25, 0.3) is 0 Å². The number of phenols is 1. The lowest BCUT2D eigenvalue weighted by atomic mass is 9.98. The van der Waals surface area contributed by atoms with Gasteiger partial charge in [0.05, 0.1) is 19.1 Å². The molecule has 1 rings (SSSR count). The van der Waals surface area contributed by atoms with Gasteiger partial charge in [-0.15, -0.1) is 0 Å². The van der Waals surface area contributed by atoms with Crippen LogP contribution < -0.4 is 0 Å². The van der Waals surface area contributed by atoms with E-state index in [4.69, 9.17) is 5.11 Å². The topological polar surface area (TPSA) is 101 Å². The fourth-order valence-electron chi connectivity index (χ4n) is 1.63. The van der Waals surface area contributed by atoms with Crippen LogP contribution in [0.5, 0.6) is 5.75 Å². The van der Waals surface area contributed by atoms with E-state index >= 15 is 0 Å². The van der Waals surface area contributed by atoms with E-state index in [1.165, 1.54) is 19.2 Å². The molecule has 0 aromatic heterocycles. The second-order valence-corrected chi connectivity index (χ2v) is 3.96. The lowest BCUT2D eigenvalue weighted by Crippen LogP contribution is -2.09. The van der Waals surface area contributed by atoms with Crippen LogP contribution in [-0.2, 0) is 9.53 Å². The molecule has 0 radical (unpaired) electrons. The van der Waals surface area contributed by atoms with Gasteiger partial charge in [0, 0.05) is 6.42 Å². The van der Waals surface area contributed by atoms with Crippen molar-refractivity contribution in [1.82, 2.24) is 0 Å². The molecule has 2 N–H and O–H groups in total. The van der Waals surface area contributed by atoms with Crippen molar-refractivity contribution in [3.8, 4) is 5.75 Å². The molecule has 0 aliphatic carbocycles. The molecule has 102 valence electrons. The number of carbonyl (C=O) groups is 3. The summed E-state index contributed by atoms with van der Waals surface area (Å²) in [7, 11) is 1.17. The van der Waals surface area contributed by atoms with Crippen molar-refractivity contribution in [2.45, 2.75) is 19.8 Å². The number of carbonyl (C=O) groups excluding carboxylic acids is 2. The highest BCUT2D eigenvalue weighted by molar-refractivity contribution is 6.04. The average Bonchev–Trinajstić information content (AvgIpc) is 2.35. The van der Waals surface area contributed by atoms with Gasteiger partial charge in [-0.1, -0.05) is 6.07 Å². The Morgan fingerprint density at radius 2 is 1.84 bits per heavy atom. The molecule has 0 amide bonds. The Bertz CT molecular complexity index is 532. The third kappa shape index (κ3) is 3.31. The van der Waals surface area contributed by atoms with E-state index in [-0.39, 0.29) is 24.0 Å². The second-order valence-electron chi connectivity index (χ2n) is 3.96. The highest BCUT2D eigenvalue weighted by Crippen LogP contribution is 2.27. The molecule has 0 atom stereocenters. The van der Waals surface area contributed by atoms with Crippen LogP contribution in [0.4, 0.5) is 0 Å². The van der Waals surface area contributed by atoms with E-state index in [1.54, 1.807) is 6.92 Å². The first kappa shape index (κ1) is 14.7. The van der Waals surface area contributed by atoms with Gasteiger partial charge in [-0.3, -0.25) is 9.59 Å². The average molecular weight is 266 g/mol. The number of Topliss-reactive ketones (excluding diaryl/α,β-unsaturated/α-hetero) is 1. The summed E-state index contributed by atoms with van der Waals surface area (Å²) in [4.78, 5) is 33.7. The second kappa shape index (κ2) is 5.99. The lowest BCUT2D eigenvalue weighted by molar-refractivity contribution is -0.136. The van der Waals surface area contributed by atoms with Crippen LogP contribution in [0.25, 0.3) is 0 Å². The molecule has 0 fully saturated rings. The summed E-state index contributed by atoms with van der Waals surface area (Å²) in [5.74, 6) is -2.86. The molecule has 19 heavy (non-hydrogen) atoms. The van der Waals surface area contributed by atoms with Crippen LogP contribution in [0.15, 0.2) is 12.1 Å². The Balaban J connectivity index is 3.13. The predicted octanol–water partition coefficient (Wildman–Crippen LogP) is 1.53. The maximum absolute atomic E-state index is 11.8. The van der Waals surface area contributed by atoms with Crippen LogP contribution in [0, 0.1) is 6.92 Å². The van der Waals surface area contributed by atoms with Crippen molar-refractivity contribution < 1.29 is 29.3 Å². The minimum absolute atomic E-state index is 0.0766. The fraction of sp³-hybridized carbons (Fsp3) is 0.308. The smallest absolute Gasteiger partial charge is 0.341 e. The van der Waals surface area contributed by atoms with Gasteiger partial charge < -0.3 is 14.9 Å². The van der Waals surface area contributed by atoms with Crippen LogP contribution in [-0.4, -0.2) is 35.0 Å². The quantitative estimate of drug-likeness (QED) is 0.619. The monoisotopic (exact) mass is 266 g/mol. The fourth-order valence-corrected chi connectivity index (χ4v) is 1.63. The third-order valence-electron chi connectivity index (χ3n) is 2.64. The highest BCUT2D eigenvalue weighted by Gasteiger charge is 2.21. The van der Waals surface area contributed by atoms with E-state index in [0.717, 1.165) is 0 Å². The maximum Gasteiger partial charge on any atom is 0.341 e. The van der Waals surface area contributed by atoms with Crippen molar-refractivity contribution in [2.75, 3.05) is 7.11 Å². The van der Waals surface area contributed by atoms with E-state index in [2.05, 4.69) is 4.74 Å². The Hall–Kier alpha value is -2.37. The van der Waals surface area contributed by atoms with E-state index in [9.17, 15) is 19.5 Å². The number of methoxy groups -OCH3 is 1. The van der Waals surface area contributed by atoms with Crippen molar-refractivity contribution in [3.05, 3.63) is 28.8 Å². The highest BCUT2D eigenvalue weighted by atomic mass is 16.5. The number of ketones is 1. The zero-order valence-electron chi connectivity index (χ0n) is 10.6. The number of aliphatic carboxylic acids is 1. The number of hydrogen-bond acceptors (Lipinski definition) is 5. The Morgan fingerprint density at radius 3 is 2.37 bits per heavy atom. The Kier molecular flexibility index (Phi) is 4.63. The summed E-state index contributed by atoms with van der Waals surface area (Å²) < 4.78 is 4.53. The van der Waals surface area contributed by atoms with Gasteiger partial charge >= 0.3 is 11.9 Å². The summed E-state index contributed by atoms with van der Waals surface area (Å²) in [6, 6.07) is 2.86. The molecule has 0 bridgehead atoms. The number of esters is 1. The first-order valence-corrected chi connectivity index (χ1v) is 5.54. The molecule has 0 aliphatic heterocycles. The molecule has 6 heteroatoms. The number of carboxylic acids is 1. The van der Waals surface area contributed by atoms with Gasteiger partial charge in [-0.2, -0.15) is 0 Å². The molecule has 1 aromatic carbocycles. The summed E-state index contributed by atoms with van der Waals surface area (Å²) >= 11 is 0. The number of carboxylic acid groups (broad SMARTS) is 1. The molecular weight excluding hydrogens is 252 g/mol. The van der Waals surface area contributed by atoms with Crippen LogP contribution in [0.3, 0.4) is 0 Å². The molecule has 0 unspecified atom stereocenters. The standard InChI is InChI=1S/C13H14O6/c1-7-3-4-8(9(14)5-6-10(15)16)12(17)11(7)13(18)19-2/h3-4,17H,5-6H2,1-2H3,(H,15,16). The molecule has 0 aliphatic rings. The Morgan fingerprint density at radius 1 is 1.21 bits per heavy atom. The number of aromatic hydroxyl groups is 1. The van der Waals surface area contributed by atoms with E-state index in [0.29, 0.717) is 5.56 Å². The summed E-state index contributed by atoms with van der Waals surface area (Å²) in [6.07, 6.45) is -0.577. The molecule has 0 saturated carbocycles. The number of phenolic OH excluding ortho intramolecular Hbond substituents is 1. The van der Waals surface area contributed by atoms with Crippen molar-refractivity contribution >= 4 is 17.7 Å². The van der Waals surface area contributed by atoms with E-state index < -0.39 is 23.5 Å². The Labute approximate surface area is 109 Å². The van der Waals surface area contributed by atoms with Gasteiger partial charge in [-0.05, 0) is 18.6 Å². The van der Waals surface area contributed by atoms with Crippen molar-refractivity contribution in [3.63, 3.8) is 0 Å². The largest absolute Gasteiger partial charge is 0.506 e. The molecular formula is C13H14O6. The molecule has 0 saturated heterocycles. The lowest BCUT2D eigenvalue weighted by Gasteiger charge is -2.10. The summed E-state index contributed by atoms with van der Waals surface area (Å²) in [6.45, 7) is 1.59. The zero-order valence-corrected chi connectivity index (χ0v) is 10.6. The summed E-state index contributed by atoms with van der Waals surface area (Å²) in [5.41, 5.74) is 0.315. The number of hydrogen-bond donors (Lipinski definition) is 2. The van der Waals surface area contributed by atoms with Gasteiger partial charge in [0.15, 0.2) is 5.78 Å². The minimum atomic E-state index is -1.10. The van der Waals surface area contributed by atoms with Crippen molar-refractivity contribution in [2.24, 2.45) is 0 Å². The molecule has 1 aromatic rings. The van der Waals surface area contributed by atoms with Crippen molar-refractivity contribution in [1.29, 1.82) is 0 Å². The van der Waals surface area contributed by atoms with Gasteiger partial charge in [-0.25, -0.2) is 4.79 Å². The number of rotatable bonds is 5. The van der Waals surface area contributed by atoms with Crippen LogP contribution in [0.2, 0.25) is 0 Å². The first-order valence-electron chi connectivity index (χ1n) is 5.54. The molecule has 0 spiro atoms. The minimum Gasteiger partial charge on any atom is -0.506 e. The molecule has 0 heterocycles. The van der Waals surface area contributed by atoms with E-state index in [1.807, 2.05) is 0 Å². The molecule has 6 nitrogen and oxygen atoms in total. The third-order valence-corrected chi connectivity index (χ3v) is 2.64. The maximum atomic E-state index is 11.8. The zero-order chi connectivity index (χ0) is 14.6. The number of ether oxygens (including phenoxy) is 1. The van der Waals surface area contributed by atoms with Gasteiger partial charge in [0.1, 0.15) is 11.3 Å². The normalized spacial score (nSPS) is 10.0.